The lowest BCUT2D eigenvalue weighted by molar-refractivity contribution is -0.139. The first-order chi connectivity index (χ1) is 8.32. The number of hydrogen-bond donors (Lipinski definition) is 2. The molecule has 18 heavy (non-hydrogen) atoms. The molecular formula is C11H24N2O4S. The van der Waals surface area contributed by atoms with Gasteiger partial charge in [0.2, 0.25) is 10.0 Å². The number of sulfonamides is 1. The molecule has 7 heteroatoms. The smallest absolute Gasteiger partial charge is 0.320 e. The van der Waals surface area contributed by atoms with Gasteiger partial charge in [0.1, 0.15) is 6.04 Å². The Bertz CT molecular complexity index is 343. The first-order valence-electron chi connectivity index (χ1n) is 6.24. The maximum absolute atomic E-state index is 11.3. The highest BCUT2D eigenvalue weighted by molar-refractivity contribution is 7.88. The summed E-state index contributed by atoms with van der Waals surface area (Å²) in [7, 11) is -3.15. The summed E-state index contributed by atoms with van der Waals surface area (Å²) in [5, 5.41) is 11.8. The number of carbonyl (C=O) groups is 1. The predicted molar refractivity (Wildman–Crippen MR) is 71.0 cm³/mol. The zero-order chi connectivity index (χ0) is 14.2. The number of carboxylic acid groups (broad SMARTS) is 1. The SMILES string of the molecule is CCCC(NCCCN(CC)S(C)(=O)=O)C(=O)O. The number of rotatable bonds is 10. The van der Waals surface area contributed by atoms with Crippen LogP contribution in [0, 0.1) is 0 Å². The molecule has 0 amide bonds. The third kappa shape index (κ3) is 6.93. The van der Waals surface area contributed by atoms with Crippen molar-refractivity contribution in [2.45, 2.75) is 39.2 Å². The Labute approximate surface area is 109 Å². The van der Waals surface area contributed by atoms with Crippen molar-refractivity contribution < 1.29 is 18.3 Å². The van der Waals surface area contributed by atoms with E-state index in [0.29, 0.717) is 32.5 Å². The quantitative estimate of drug-likeness (QED) is 0.569. The minimum atomic E-state index is -3.15. The molecule has 1 atom stereocenters. The number of aliphatic carboxylic acids is 1. The van der Waals surface area contributed by atoms with Crippen molar-refractivity contribution in [2.75, 3.05) is 25.9 Å². The summed E-state index contributed by atoms with van der Waals surface area (Å²) in [5.74, 6) is -0.854. The summed E-state index contributed by atoms with van der Waals surface area (Å²) >= 11 is 0. The van der Waals surface area contributed by atoms with Gasteiger partial charge in [-0.2, -0.15) is 0 Å². The van der Waals surface area contributed by atoms with Crippen LogP contribution in [-0.2, 0) is 14.8 Å². The normalized spacial score (nSPS) is 13.8. The van der Waals surface area contributed by atoms with E-state index in [-0.39, 0.29) is 0 Å². The van der Waals surface area contributed by atoms with Gasteiger partial charge in [0, 0.05) is 13.1 Å². The lowest BCUT2D eigenvalue weighted by atomic mass is 10.1. The molecule has 1 unspecified atom stereocenters. The van der Waals surface area contributed by atoms with E-state index in [0.717, 1.165) is 6.42 Å². The van der Waals surface area contributed by atoms with E-state index in [1.807, 2.05) is 6.92 Å². The summed E-state index contributed by atoms with van der Waals surface area (Å²) in [6.45, 7) is 5.08. The maximum atomic E-state index is 11.3. The molecule has 0 aliphatic heterocycles. The molecule has 0 rings (SSSR count). The molecule has 0 saturated carbocycles. The van der Waals surface area contributed by atoms with Crippen molar-refractivity contribution in [3.8, 4) is 0 Å². The number of nitrogens with zero attached hydrogens (tertiary/aromatic N) is 1. The average molecular weight is 280 g/mol. The second-order valence-corrected chi connectivity index (χ2v) is 6.22. The van der Waals surface area contributed by atoms with Gasteiger partial charge >= 0.3 is 5.97 Å². The average Bonchev–Trinajstić information content (AvgIpc) is 2.25. The minimum absolute atomic E-state index is 0.417. The van der Waals surface area contributed by atoms with E-state index in [2.05, 4.69) is 5.32 Å². The Hall–Kier alpha value is -0.660. The van der Waals surface area contributed by atoms with Gasteiger partial charge in [0.25, 0.3) is 0 Å². The molecule has 0 aromatic carbocycles. The highest BCUT2D eigenvalue weighted by atomic mass is 32.2. The molecule has 0 spiro atoms. The van der Waals surface area contributed by atoms with Crippen LogP contribution in [0.1, 0.15) is 33.1 Å². The predicted octanol–water partition coefficient (Wildman–Crippen LogP) is 0.501. The van der Waals surface area contributed by atoms with Gasteiger partial charge in [0.05, 0.1) is 6.26 Å². The molecule has 0 radical (unpaired) electrons. The van der Waals surface area contributed by atoms with Gasteiger partial charge in [-0.3, -0.25) is 4.79 Å². The molecule has 0 aliphatic rings. The van der Waals surface area contributed by atoms with Gasteiger partial charge in [-0.05, 0) is 19.4 Å². The van der Waals surface area contributed by atoms with Crippen molar-refractivity contribution in [3.05, 3.63) is 0 Å². The molecule has 6 nitrogen and oxygen atoms in total. The molecule has 0 saturated heterocycles. The zero-order valence-corrected chi connectivity index (χ0v) is 12.2. The lowest BCUT2D eigenvalue weighted by Gasteiger charge is -2.18. The Kier molecular flexibility index (Phi) is 8.13. The van der Waals surface area contributed by atoms with Crippen LogP contribution in [0.2, 0.25) is 0 Å². The van der Waals surface area contributed by atoms with Crippen LogP contribution in [0.3, 0.4) is 0 Å². The molecular weight excluding hydrogens is 256 g/mol. The van der Waals surface area contributed by atoms with Gasteiger partial charge in [-0.1, -0.05) is 20.3 Å². The third-order valence-electron chi connectivity index (χ3n) is 2.67. The van der Waals surface area contributed by atoms with Gasteiger partial charge in [-0.15, -0.1) is 0 Å². The van der Waals surface area contributed by atoms with Gasteiger partial charge < -0.3 is 10.4 Å². The molecule has 0 aliphatic carbocycles. The molecule has 0 aromatic rings. The largest absolute Gasteiger partial charge is 0.480 e. The Morgan fingerprint density at radius 3 is 2.39 bits per heavy atom. The molecule has 0 bridgehead atoms. The van der Waals surface area contributed by atoms with E-state index < -0.39 is 22.0 Å². The molecule has 0 heterocycles. The van der Waals surface area contributed by atoms with Gasteiger partial charge in [0.15, 0.2) is 0 Å². The van der Waals surface area contributed by atoms with Crippen LogP contribution in [0.25, 0.3) is 0 Å². The van der Waals surface area contributed by atoms with Crippen molar-refractivity contribution in [3.63, 3.8) is 0 Å². The Morgan fingerprint density at radius 1 is 1.39 bits per heavy atom. The fourth-order valence-corrected chi connectivity index (χ4v) is 2.62. The van der Waals surface area contributed by atoms with Crippen LogP contribution in [-0.4, -0.2) is 55.7 Å². The van der Waals surface area contributed by atoms with Crippen LogP contribution in [0.5, 0.6) is 0 Å². The van der Waals surface area contributed by atoms with E-state index in [1.54, 1.807) is 6.92 Å². The van der Waals surface area contributed by atoms with Crippen LogP contribution >= 0.6 is 0 Å². The summed E-state index contributed by atoms with van der Waals surface area (Å²) in [6.07, 6.45) is 3.17. The van der Waals surface area contributed by atoms with Crippen molar-refractivity contribution in [1.29, 1.82) is 0 Å². The van der Waals surface area contributed by atoms with E-state index in [4.69, 9.17) is 5.11 Å². The van der Waals surface area contributed by atoms with E-state index in [9.17, 15) is 13.2 Å². The number of carboxylic acids is 1. The summed E-state index contributed by atoms with van der Waals surface area (Å²) in [6, 6.07) is -0.539. The second kappa shape index (κ2) is 8.44. The zero-order valence-electron chi connectivity index (χ0n) is 11.3. The van der Waals surface area contributed by atoms with Crippen molar-refractivity contribution >= 4 is 16.0 Å². The summed E-state index contributed by atoms with van der Waals surface area (Å²) in [4.78, 5) is 10.9. The maximum Gasteiger partial charge on any atom is 0.320 e. The van der Waals surface area contributed by atoms with E-state index >= 15 is 0 Å². The fraction of sp³-hybridized carbons (Fsp3) is 0.909. The highest BCUT2D eigenvalue weighted by Gasteiger charge is 2.16. The monoisotopic (exact) mass is 280 g/mol. The molecule has 0 aromatic heterocycles. The molecule has 108 valence electrons. The second-order valence-electron chi connectivity index (χ2n) is 4.24. The molecule has 2 N–H and O–H groups in total. The van der Waals surface area contributed by atoms with Crippen molar-refractivity contribution in [1.82, 2.24) is 9.62 Å². The number of hydrogen-bond acceptors (Lipinski definition) is 4. The Balaban J connectivity index is 4.00. The van der Waals surface area contributed by atoms with Crippen LogP contribution in [0.15, 0.2) is 0 Å². The minimum Gasteiger partial charge on any atom is -0.480 e. The van der Waals surface area contributed by atoms with E-state index in [1.165, 1.54) is 10.6 Å². The summed E-state index contributed by atoms with van der Waals surface area (Å²) < 4.78 is 24.0. The first kappa shape index (κ1) is 17.3. The topological polar surface area (TPSA) is 86.7 Å². The van der Waals surface area contributed by atoms with Crippen LogP contribution < -0.4 is 5.32 Å². The fourth-order valence-electron chi connectivity index (χ4n) is 1.69. The Morgan fingerprint density at radius 2 is 2.00 bits per heavy atom. The standard InChI is InChI=1S/C11H24N2O4S/c1-4-7-10(11(14)15)12-8-6-9-13(5-2)18(3,16)17/h10,12H,4-9H2,1-3H3,(H,14,15). The third-order valence-corrected chi connectivity index (χ3v) is 4.05. The highest BCUT2D eigenvalue weighted by Crippen LogP contribution is 2.00. The lowest BCUT2D eigenvalue weighted by Crippen LogP contribution is -2.39. The summed E-state index contributed by atoms with van der Waals surface area (Å²) in [5.41, 5.74) is 0. The van der Waals surface area contributed by atoms with Gasteiger partial charge in [-0.25, -0.2) is 12.7 Å². The number of nitrogens with one attached hydrogen (secondary N) is 1. The first-order valence-corrected chi connectivity index (χ1v) is 8.09. The van der Waals surface area contributed by atoms with Crippen LogP contribution in [0.4, 0.5) is 0 Å². The van der Waals surface area contributed by atoms with Crippen molar-refractivity contribution in [2.24, 2.45) is 0 Å². The molecule has 0 fully saturated rings.